The fourth-order valence-corrected chi connectivity index (χ4v) is 7.27. The third kappa shape index (κ3) is 51.3. The number of hydrogen-bond acceptors (Lipinski definition) is 6. The van der Waals surface area contributed by atoms with Gasteiger partial charge < -0.3 is 14.2 Å². The van der Waals surface area contributed by atoms with Gasteiger partial charge in [-0.15, -0.1) is 0 Å². The Balaban J connectivity index is 4.43. The number of carbonyl (C=O) groups excluding carboxylic acids is 3. The van der Waals surface area contributed by atoms with Crippen molar-refractivity contribution in [2.75, 3.05) is 13.2 Å². The van der Waals surface area contributed by atoms with Crippen molar-refractivity contribution >= 4 is 17.9 Å². The van der Waals surface area contributed by atoms with E-state index in [-0.39, 0.29) is 31.1 Å². The molecule has 0 spiro atoms. The third-order valence-electron chi connectivity index (χ3n) is 11.3. The molecular formula is C60H100O6. The van der Waals surface area contributed by atoms with Gasteiger partial charge in [0.15, 0.2) is 6.10 Å². The maximum atomic E-state index is 12.8. The van der Waals surface area contributed by atoms with Crippen LogP contribution in [0.2, 0.25) is 0 Å². The largest absolute Gasteiger partial charge is 0.462 e. The van der Waals surface area contributed by atoms with Crippen molar-refractivity contribution in [3.63, 3.8) is 0 Å². The van der Waals surface area contributed by atoms with E-state index in [9.17, 15) is 14.4 Å². The van der Waals surface area contributed by atoms with E-state index in [4.69, 9.17) is 14.2 Å². The van der Waals surface area contributed by atoms with E-state index in [1.54, 1.807) is 0 Å². The van der Waals surface area contributed by atoms with Crippen LogP contribution in [0.1, 0.15) is 245 Å². The molecule has 376 valence electrons. The molecule has 0 bridgehead atoms. The molecule has 6 nitrogen and oxygen atoms in total. The molecule has 0 radical (unpaired) electrons. The first-order valence-electron chi connectivity index (χ1n) is 27.2. The number of unbranched alkanes of at least 4 members (excludes halogenated alkanes) is 21. The molecule has 0 heterocycles. The topological polar surface area (TPSA) is 78.9 Å². The van der Waals surface area contributed by atoms with Gasteiger partial charge in [-0.05, 0) is 116 Å². The van der Waals surface area contributed by atoms with Crippen LogP contribution in [-0.2, 0) is 28.6 Å². The number of ether oxygens (including phenoxy) is 3. The van der Waals surface area contributed by atoms with E-state index >= 15 is 0 Å². The molecule has 1 unspecified atom stereocenters. The van der Waals surface area contributed by atoms with Crippen LogP contribution in [0.4, 0.5) is 0 Å². The van der Waals surface area contributed by atoms with E-state index in [0.717, 1.165) is 116 Å². The van der Waals surface area contributed by atoms with Crippen LogP contribution in [0.3, 0.4) is 0 Å². The van der Waals surface area contributed by atoms with Gasteiger partial charge in [0.05, 0.1) is 0 Å². The number of carbonyl (C=O) groups is 3. The normalized spacial score (nSPS) is 12.8. The second-order valence-corrected chi connectivity index (χ2v) is 17.7. The van der Waals surface area contributed by atoms with Crippen molar-refractivity contribution in [3.8, 4) is 0 Å². The van der Waals surface area contributed by atoms with Crippen LogP contribution < -0.4 is 0 Å². The summed E-state index contributed by atoms with van der Waals surface area (Å²) in [6, 6.07) is 0. The second kappa shape index (κ2) is 53.9. The van der Waals surface area contributed by atoms with Crippen LogP contribution in [-0.4, -0.2) is 37.2 Å². The first-order valence-corrected chi connectivity index (χ1v) is 27.2. The predicted molar refractivity (Wildman–Crippen MR) is 284 cm³/mol. The Kier molecular flexibility index (Phi) is 50.9. The van der Waals surface area contributed by atoms with Crippen LogP contribution in [0, 0.1) is 0 Å². The molecule has 6 heteroatoms. The van der Waals surface area contributed by atoms with Gasteiger partial charge in [-0.25, -0.2) is 0 Å². The summed E-state index contributed by atoms with van der Waals surface area (Å²) in [5.74, 6) is -0.958. The van der Waals surface area contributed by atoms with Gasteiger partial charge in [0.2, 0.25) is 0 Å². The number of allylic oxidation sites excluding steroid dienone is 16. The molecule has 1 atom stereocenters. The Morgan fingerprint density at radius 2 is 0.591 bits per heavy atom. The Morgan fingerprint density at radius 1 is 0.318 bits per heavy atom. The Bertz CT molecular complexity index is 1330. The minimum atomic E-state index is -0.802. The van der Waals surface area contributed by atoms with Crippen LogP contribution in [0.5, 0.6) is 0 Å². The lowest BCUT2D eigenvalue weighted by atomic mass is 10.1. The van der Waals surface area contributed by atoms with Crippen LogP contribution >= 0.6 is 0 Å². The van der Waals surface area contributed by atoms with E-state index < -0.39 is 6.10 Å². The zero-order valence-corrected chi connectivity index (χ0v) is 42.9. The smallest absolute Gasteiger partial charge is 0.306 e. The lowest BCUT2D eigenvalue weighted by molar-refractivity contribution is -0.167. The van der Waals surface area contributed by atoms with Gasteiger partial charge in [-0.1, -0.05) is 208 Å². The van der Waals surface area contributed by atoms with Gasteiger partial charge in [-0.3, -0.25) is 14.4 Å². The molecule has 66 heavy (non-hydrogen) atoms. The van der Waals surface area contributed by atoms with E-state index in [1.807, 2.05) is 0 Å². The predicted octanol–water partition coefficient (Wildman–Crippen LogP) is 18.1. The molecule has 0 saturated heterocycles. The summed E-state index contributed by atoms with van der Waals surface area (Å²) >= 11 is 0. The molecular weight excluding hydrogens is 817 g/mol. The second-order valence-electron chi connectivity index (χ2n) is 17.7. The number of rotatable bonds is 48. The van der Waals surface area contributed by atoms with Crippen molar-refractivity contribution in [1.29, 1.82) is 0 Å². The van der Waals surface area contributed by atoms with Gasteiger partial charge >= 0.3 is 17.9 Å². The standard InChI is InChI=1S/C60H100O6/c1-4-7-10-13-16-19-22-25-27-29-30-32-33-35-38-41-44-47-50-53-59(62)65-56-57(55-64-58(61)52-49-46-43-40-37-24-21-18-15-12-9-6-3)66-60(63)54-51-48-45-42-39-36-34-31-28-26-23-20-17-14-11-8-5-2/h7,9-10,12,16,18-19,21,25-28,30,32,37,40,57H,4-6,8,11,13-15,17,20,22-24,29,31,33-36,38-39,41-56H2,1-3H3/b10-7-,12-9-,19-16-,21-18-,27-25-,28-26-,32-30-,40-37-. The summed E-state index contributed by atoms with van der Waals surface area (Å²) in [5, 5.41) is 0. The van der Waals surface area contributed by atoms with Crippen molar-refractivity contribution in [2.45, 2.75) is 252 Å². The molecule has 0 aromatic rings. The molecule has 0 aromatic heterocycles. The van der Waals surface area contributed by atoms with Crippen LogP contribution in [0.25, 0.3) is 0 Å². The molecule has 0 saturated carbocycles. The fourth-order valence-electron chi connectivity index (χ4n) is 7.27. The molecule has 0 aliphatic rings. The van der Waals surface area contributed by atoms with E-state index in [2.05, 4.69) is 118 Å². The van der Waals surface area contributed by atoms with E-state index in [0.29, 0.717) is 19.3 Å². The monoisotopic (exact) mass is 917 g/mol. The highest BCUT2D eigenvalue weighted by atomic mass is 16.6. The minimum absolute atomic E-state index is 0.0997. The Morgan fingerprint density at radius 3 is 0.970 bits per heavy atom. The summed E-state index contributed by atoms with van der Waals surface area (Å²) in [6.45, 7) is 6.35. The van der Waals surface area contributed by atoms with Crippen molar-refractivity contribution < 1.29 is 28.6 Å². The minimum Gasteiger partial charge on any atom is -0.462 e. The lowest BCUT2D eigenvalue weighted by Crippen LogP contribution is -2.30. The molecule has 0 aliphatic carbocycles. The van der Waals surface area contributed by atoms with Gasteiger partial charge in [0.25, 0.3) is 0 Å². The first kappa shape index (κ1) is 62.3. The molecule has 0 aliphatic heterocycles. The average Bonchev–Trinajstić information content (AvgIpc) is 3.31. The van der Waals surface area contributed by atoms with Gasteiger partial charge in [0, 0.05) is 19.3 Å². The highest BCUT2D eigenvalue weighted by molar-refractivity contribution is 5.71. The third-order valence-corrected chi connectivity index (χ3v) is 11.3. The highest BCUT2D eigenvalue weighted by Crippen LogP contribution is 2.14. The summed E-state index contributed by atoms with van der Waals surface area (Å²) in [4.78, 5) is 38.0. The van der Waals surface area contributed by atoms with Gasteiger partial charge in [-0.2, -0.15) is 0 Å². The van der Waals surface area contributed by atoms with E-state index in [1.165, 1.54) is 89.9 Å². The highest BCUT2D eigenvalue weighted by Gasteiger charge is 2.19. The lowest BCUT2D eigenvalue weighted by Gasteiger charge is -2.18. The molecule has 0 rings (SSSR count). The zero-order valence-electron chi connectivity index (χ0n) is 42.9. The van der Waals surface area contributed by atoms with Crippen molar-refractivity contribution in [3.05, 3.63) is 97.2 Å². The van der Waals surface area contributed by atoms with Gasteiger partial charge in [0.1, 0.15) is 13.2 Å². The SMILES string of the molecule is CC/C=C\C/C=C\C/C=C\C/C=C\CCCCCCCCC(=O)OCC(COC(=O)CCCC/C=C\C/C=C\C/C=C\CC)OC(=O)CCCCCCCCC/C=C\CCCCCCCC. The molecule has 0 N–H and O–H groups in total. The summed E-state index contributed by atoms with van der Waals surface area (Å²) in [7, 11) is 0. The number of hydrogen-bond donors (Lipinski definition) is 0. The molecule has 0 aromatic carbocycles. The average molecular weight is 917 g/mol. The Hall–Kier alpha value is -3.67. The summed E-state index contributed by atoms with van der Waals surface area (Å²) < 4.78 is 16.8. The first-order chi connectivity index (χ1) is 32.5. The fraction of sp³-hybridized carbons (Fsp3) is 0.683. The molecule has 0 fully saturated rings. The summed E-state index contributed by atoms with van der Waals surface area (Å²) in [5.41, 5.74) is 0. The maximum absolute atomic E-state index is 12.8. The summed E-state index contributed by atoms with van der Waals surface area (Å²) in [6.07, 6.45) is 71.1. The number of esters is 3. The zero-order chi connectivity index (χ0) is 47.9. The Labute approximate surface area is 407 Å². The van der Waals surface area contributed by atoms with Crippen molar-refractivity contribution in [1.82, 2.24) is 0 Å². The quantitative estimate of drug-likeness (QED) is 0.0262. The van der Waals surface area contributed by atoms with Crippen molar-refractivity contribution in [2.24, 2.45) is 0 Å². The maximum Gasteiger partial charge on any atom is 0.306 e. The van der Waals surface area contributed by atoms with Crippen LogP contribution in [0.15, 0.2) is 97.2 Å². The molecule has 0 amide bonds.